The van der Waals surface area contributed by atoms with E-state index < -0.39 is 0 Å². The van der Waals surface area contributed by atoms with Crippen molar-refractivity contribution in [2.75, 3.05) is 6.54 Å². The molecule has 1 saturated heterocycles. The summed E-state index contributed by atoms with van der Waals surface area (Å²) in [6, 6.07) is 10.6. The molecule has 1 aromatic carbocycles. The van der Waals surface area contributed by atoms with Gasteiger partial charge in [-0.1, -0.05) is 17.3 Å². The highest BCUT2D eigenvalue weighted by atomic mass is 32.1. The Hall–Kier alpha value is -2.51. The topological polar surface area (TPSA) is 70.8 Å². The highest BCUT2D eigenvalue weighted by Crippen LogP contribution is 2.33. The normalized spacial score (nSPS) is 18.1. The van der Waals surface area contributed by atoms with Crippen molar-refractivity contribution in [2.45, 2.75) is 32.4 Å². The number of hydrogen-bond donors (Lipinski definition) is 1. The van der Waals surface area contributed by atoms with Gasteiger partial charge in [0.05, 0.1) is 28.5 Å². The fourth-order valence-corrected chi connectivity index (χ4v) is 4.27. The number of fused-ring (bicyclic) bond motifs is 1. The molecule has 1 atom stereocenters. The van der Waals surface area contributed by atoms with Crippen LogP contribution in [0, 0.1) is 6.92 Å². The number of nitrogens with one attached hydrogen (secondary N) is 1. The lowest BCUT2D eigenvalue weighted by molar-refractivity contribution is 0.207. The predicted octanol–water partition coefficient (Wildman–Crippen LogP) is 4.32. The monoisotopic (exact) mass is 365 g/mol. The van der Waals surface area contributed by atoms with E-state index in [1.165, 1.54) is 5.56 Å². The van der Waals surface area contributed by atoms with Gasteiger partial charge in [-0.2, -0.15) is 4.98 Å². The minimum absolute atomic E-state index is 0.264. The zero-order chi connectivity index (χ0) is 17.5. The van der Waals surface area contributed by atoms with Crippen LogP contribution < -0.4 is 0 Å². The maximum atomic E-state index is 5.48. The summed E-state index contributed by atoms with van der Waals surface area (Å²) < 4.78 is 5.48. The molecule has 7 heteroatoms. The van der Waals surface area contributed by atoms with E-state index in [9.17, 15) is 0 Å². The lowest BCUT2D eigenvalue weighted by atomic mass is 10.2. The molecule has 1 aliphatic heterocycles. The van der Waals surface area contributed by atoms with Crippen LogP contribution in [0.25, 0.3) is 21.7 Å². The number of nitrogens with zero attached hydrogens (tertiary/aromatic N) is 4. The van der Waals surface area contributed by atoms with Crippen molar-refractivity contribution < 1.29 is 4.52 Å². The smallest absolute Gasteiger partial charge is 0.241 e. The van der Waals surface area contributed by atoms with Crippen molar-refractivity contribution in [3.63, 3.8) is 0 Å². The summed E-state index contributed by atoms with van der Waals surface area (Å²) in [4.78, 5) is 16.3. The number of rotatable bonds is 4. The fraction of sp³-hybridized carbons (Fsp3) is 0.316. The standard InChI is InChI=1S/C19H19N5OS/c1-12-6-7-13-14(10-12)21-18(20-13)15-4-2-8-24(15)11-17-22-19(23-25-17)16-5-3-9-26-16/h3,5-7,9-10,15H,2,4,8,11H2,1H3,(H,20,21). The molecule has 0 amide bonds. The Kier molecular flexibility index (Phi) is 3.83. The fourth-order valence-electron chi connectivity index (χ4n) is 3.62. The van der Waals surface area contributed by atoms with Crippen LogP contribution in [-0.4, -0.2) is 31.6 Å². The number of likely N-dealkylation sites (tertiary alicyclic amines) is 1. The zero-order valence-corrected chi connectivity index (χ0v) is 15.3. The van der Waals surface area contributed by atoms with Gasteiger partial charge in [0.2, 0.25) is 11.7 Å². The molecule has 4 heterocycles. The molecular formula is C19H19N5OS. The molecule has 1 aliphatic rings. The van der Waals surface area contributed by atoms with Gasteiger partial charge in [-0.25, -0.2) is 4.98 Å². The van der Waals surface area contributed by atoms with Crippen LogP contribution in [0.3, 0.4) is 0 Å². The first-order valence-corrected chi connectivity index (χ1v) is 9.71. The van der Waals surface area contributed by atoms with Gasteiger partial charge in [0.15, 0.2) is 0 Å². The molecular weight excluding hydrogens is 346 g/mol. The number of aromatic amines is 1. The molecule has 6 nitrogen and oxygen atoms in total. The number of thiophene rings is 1. The molecule has 132 valence electrons. The highest BCUT2D eigenvalue weighted by Gasteiger charge is 2.30. The average molecular weight is 365 g/mol. The minimum Gasteiger partial charge on any atom is -0.341 e. The Bertz CT molecular complexity index is 1040. The molecule has 0 aliphatic carbocycles. The van der Waals surface area contributed by atoms with Crippen LogP contribution >= 0.6 is 11.3 Å². The first-order chi connectivity index (χ1) is 12.8. The van der Waals surface area contributed by atoms with Gasteiger partial charge in [-0.15, -0.1) is 11.3 Å². The summed E-state index contributed by atoms with van der Waals surface area (Å²) in [5, 5.41) is 6.14. The van der Waals surface area contributed by atoms with Crippen molar-refractivity contribution in [3.8, 4) is 10.7 Å². The molecule has 0 spiro atoms. The van der Waals surface area contributed by atoms with E-state index in [0.717, 1.165) is 41.1 Å². The van der Waals surface area contributed by atoms with Crippen LogP contribution in [0.15, 0.2) is 40.2 Å². The molecule has 1 N–H and O–H groups in total. The van der Waals surface area contributed by atoms with Crippen molar-refractivity contribution in [1.29, 1.82) is 0 Å². The van der Waals surface area contributed by atoms with E-state index in [4.69, 9.17) is 9.51 Å². The van der Waals surface area contributed by atoms with Crippen molar-refractivity contribution in [1.82, 2.24) is 25.0 Å². The van der Waals surface area contributed by atoms with E-state index in [0.29, 0.717) is 18.3 Å². The summed E-state index contributed by atoms with van der Waals surface area (Å²) in [5.74, 6) is 2.36. The Morgan fingerprint density at radius 2 is 2.27 bits per heavy atom. The zero-order valence-electron chi connectivity index (χ0n) is 14.5. The molecule has 0 radical (unpaired) electrons. The first kappa shape index (κ1) is 15.7. The third-order valence-corrected chi connectivity index (χ3v) is 5.75. The van der Waals surface area contributed by atoms with E-state index in [2.05, 4.69) is 45.1 Å². The van der Waals surface area contributed by atoms with Crippen molar-refractivity contribution in [3.05, 3.63) is 53.0 Å². The maximum absolute atomic E-state index is 5.48. The Labute approximate surface area is 154 Å². The molecule has 3 aromatic heterocycles. The number of aromatic nitrogens is 4. The number of benzene rings is 1. The Balaban J connectivity index is 1.38. The van der Waals surface area contributed by atoms with Gasteiger partial charge < -0.3 is 9.51 Å². The third kappa shape index (κ3) is 2.83. The second-order valence-corrected chi connectivity index (χ2v) is 7.71. The van der Waals surface area contributed by atoms with Crippen LogP contribution in [0.4, 0.5) is 0 Å². The molecule has 1 fully saturated rings. The molecule has 1 unspecified atom stereocenters. The molecule has 0 saturated carbocycles. The van der Waals surface area contributed by atoms with E-state index >= 15 is 0 Å². The highest BCUT2D eigenvalue weighted by molar-refractivity contribution is 7.13. The second kappa shape index (κ2) is 6.34. The van der Waals surface area contributed by atoms with Gasteiger partial charge in [-0.05, 0) is 55.5 Å². The van der Waals surface area contributed by atoms with E-state index in [1.807, 2.05) is 17.5 Å². The van der Waals surface area contributed by atoms with Crippen LogP contribution in [0.1, 0.15) is 36.2 Å². The summed E-state index contributed by atoms with van der Waals surface area (Å²) in [6.07, 6.45) is 2.23. The summed E-state index contributed by atoms with van der Waals surface area (Å²) in [5.41, 5.74) is 3.36. The number of hydrogen-bond acceptors (Lipinski definition) is 6. The van der Waals surface area contributed by atoms with E-state index in [1.54, 1.807) is 11.3 Å². The number of aryl methyl sites for hydroxylation is 1. The van der Waals surface area contributed by atoms with E-state index in [-0.39, 0.29) is 6.04 Å². The molecule has 5 rings (SSSR count). The summed E-state index contributed by atoms with van der Waals surface area (Å²) in [7, 11) is 0. The molecule has 4 aromatic rings. The quantitative estimate of drug-likeness (QED) is 0.583. The van der Waals surface area contributed by atoms with Gasteiger partial charge in [0.1, 0.15) is 5.82 Å². The van der Waals surface area contributed by atoms with Gasteiger partial charge in [-0.3, -0.25) is 4.90 Å². The number of H-pyrrole nitrogens is 1. The van der Waals surface area contributed by atoms with Crippen LogP contribution in [-0.2, 0) is 6.54 Å². The average Bonchev–Trinajstić information content (AvgIpc) is 3.41. The summed E-state index contributed by atoms with van der Waals surface area (Å²) >= 11 is 1.62. The van der Waals surface area contributed by atoms with Gasteiger partial charge in [0, 0.05) is 0 Å². The van der Waals surface area contributed by atoms with Gasteiger partial charge >= 0.3 is 0 Å². The Morgan fingerprint density at radius 3 is 3.15 bits per heavy atom. The van der Waals surface area contributed by atoms with Gasteiger partial charge in [0.25, 0.3) is 0 Å². The lowest BCUT2D eigenvalue weighted by Gasteiger charge is -2.20. The van der Waals surface area contributed by atoms with Crippen LogP contribution in [0.5, 0.6) is 0 Å². The predicted molar refractivity (Wildman–Crippen MR) is 101 cm³/mol. The van der Waals surface area contributed by atoms with Crippen molar-refractivity contribution in [2.24, 2.45) is 0 Å². The van der Waals surface area contributed by atoms with Crippen LogP contribution in [0.2, 0.25) is 0 Å². The second-order valence-electron chi connectivity index (χ2n) is 6.76. The first-order valence-electron chi connectivity index (χ1n) is 8.83. The third-order valence-electron chi connectivity index (χ3n) is 4.88. The SMILES string of the molecule is Cc1ccc2nc(C3CCCN3Cc3nc(-c4cccs4)no3)[nH]c2c1. The Morgan fingerprint density at radius 1 is 1.31 bits per heavy atom. The maximum Gasteiger partial charge on any atom is 0.241 e. The lowest BCUT2D eigenvalue weighted by Crippen LogP contribution is -2.23. The molecule has 26 heavy (non-hydrogen) atoms. The number of imidazole rings is 1. The summed E-state index contributed by atoms with van der Waals surface area (Å²) in [6.45, 7) is 3.76. The largest absolute Gasteiger partial charge is 0.341 e. The molecule has 0 bridgehead atoms. The van der Waals surface area contributed by atoms with Crippen molar-refractivity contribution >= 4 is 22.4 Å². The minimum atomic E-state index is 0.264.